The van der Waals surface area contributed by atoms with E-state index in [1.807, 2.05) is 25.1 Å². The number of fused-ring (bicyclic) bond motifs is 1. The minimum Gasteiger partial charge on any atom is -0.508 e. The summed E-state index contributed by atoms with van der Waals surface area (Å²) in [5, 5.41) is 11.3. The number of aromatic hydroxyl groups is 1. The van der Waals surface area contributed by atoms with Gasteiger partial charge in [-0.15, -0.1) is 0 Å². The van der Waals surface area contributed by atoms with Crippen LogP contribution in [0.2, 0.25) is 0 Å². The highest BCUT2D eigenvalue weighted by atomic mass is 127. The normalized spacial score (nSPS) is 10.5. The Balaban J connectivity index is 2.77. The second kappa shape index (κ2) is 3.81. The number of hydrogen-bond acceptors (Lipinski definition) is 2. The van der Waals surface area contributed by atoms with Gasteiger partial charge in [-0.2, -0.15) is 0 Å². The molecule has 2 aromatic rings. The van der Waals surface area contributed by atoms with Crippen LogP contribution in [-0.4, -0.2) is 8.90 Å². The Morgan fingerprint density at radius 1 is 1.20 bits per heavy atom. The largest absolute Gasteiger partial charge is 0.508 e. The van der Waals surface area contributed by atoms with E-state index < -0.39 is 0 Å². The molecule has 0 bridgehead atoms. The van der Waals surface area contributed by atoms with Crippen molar-refractivity contribution in [2.24, 2.45) is 0 Å². The van der Waals surface area contributed by atoms with Gasteiger partial charge in [0, 0.05) is 28.2 Å². The van der Waals surface area contributed by atoms with E-state index in [1.165, 1.54) is 0 Å². The van der Waals surface area contributed by atoms with Crippen LogP contribution in [-0.2, 0) is 0 Å². The maximum absolute atomic E-state index is 11.3. The topological polar surface area (TPSA) is 37.3 Å². The van der Waals surface area contributed by atoms with Gasteiger partial charge < -0.3 is 5.11 Å². The second-order valence-electron chi connectivity index (χ2n) is 3.47. The standard InChI is InChI=1S/C12H9IO2/c1-7-4-8-2-3-10(14)5-9(8)6-11(7)12(13)15/h2-6,14H,1H3. The first kappa shape index (κ1) is 10.4. The Hall–Kier alpha value is -1.10. The summed E-state index contributed by atoms with van der Waals surface area (Å²) in [5.74, 6) is 0.221. The first-order chi connectivity index (χ1) is 7.08. The lowest BCUT2D eigenvalue weighted by Crippen LogP contribution is -1.92. The Labute approximate surface area is 101 Å². The molecule has 0 unspecified atom stereocenters. The van der Waals surface area contributed by atoms with Gasteiger partial charge in [0.1, 0.15) is 5.75 Å². The van der Waals surface area contributed by atoms with Crippen LogP contribution in [0.25, 0.3) is 10.8 Å². The molecule has 0 atom stereocenters. The molecular formula is C12H9IO2. The number of carbonyl (C=O) groups is 1. The first-order valence-electron chi connectivity index (χ1n) is 4.51. The van der Waals surface area contributed by atoms with E-state index in [0.29, 0.717) is 5.56 Å². The van der Waals surface area contributed by atoms with E-state index in [4.69, 9.17) is 0 Å². The summed E-state index contributed by atoms with van der Waals surface area (Å²) >= 11 is 1.77. The highest BCUT2D eigenvalue weighted by Gasteiger charge is 2.07. The lowest BCUT2D eigenvalue weighted by Gasteiger charge is -2.04. The average molecular weight is 312 g/mol. The zero-order chi connectivity index (χ0) is 11.0. The monoisotopic (exact) mass is 312 g/mol. The minimum atomic E-state index is 0.0235. The van der Waals surface area contributed by atoms with Crippen molar-refractivity contribution in [3.63, 3.8) is 0 Å². The molecule has 2 aromatic carbocycles. The molecular weight excluding hydrogens is 303 g/mol. The van der Waals surface area contributed by atoms with Gasteiger partial charge in [0.2, 0.25) is 3.79 Å². The Morgan fingerprint density at radius 3 is 2.60 bits per heavy atom. The third-order valence-electron chi connectivity index (χ3n) is 2.38. The van der Waals surface area contributed by atoms with Crippen LogP contribution < -0.4 is 0 Å². The minimum absolute atomic E-state index is 0.0235. The molecule has 0 heterocycles. The van der Waals surface area contributed by atoms with Gasteiger partial charge in [0.25, 0.3) is 0 Å². The number of aryl methyl sites for hydroxylation is 1. The van der Waals surface area contributed by atoms with Crippen molar-refractivity contribution in [2.45, 2.75) is 6.92 Å². The predicted molar refractivity (Wildman–Crippen MR) is 68.7 cm³/mol. The summed E-state index contributed by atoms with van der Waals surface area (Å²) in [6.07, 6.45) is 0. The van der Waals surface area contributed by atoms with Crippen molar-refractivity contribution >= 4 is 37.2 Å². The maximum Gasteiger partial charge on any atom is 0.222 e. The number of phenolic OH excluding ortho intramolecular Hbond substituents is 1. The van der Waals surface area contributed by atoms with E-state index >= 15 is 0 Å². The Morgan fingerprint density at radius 2 is 1.93 bits per heavy atom. The molecule has 1 N–H and O–H groups in total. The lowest BCUT2D eigenvalue weighted by molar-refractivity contribution is 0.110. The Kier molecular flexibility index (Phi) is 2.65. The van der Waals surface area contributed by atoms with Gasteiger partial charge in [-0.3, -0.25) is 4.79 Å². The van der Waals surface area contributed by atoms with E-state index in [1.54, 1.807) is 34.7 Å². The summed E-state index contributed by atoms with van der Waals surface area (Å²) in [7, 11) is 0. The number of phenols is 1. The summed E-state index contributed by atoms with van der Waals surface area (Å²) in [4.78, 5) is 11.3. The summed E-state index contributed by atoms with van der Waals surface area (Å²) in [6, 6.07) is 8.93. The van der Waals surface area contributed by atoms with Crippen molar-refractivity contribution in [1.29, 1.82) is 0 Å². The zero-order valence-corrected chi connectivity index (χ0v) is 10.3. The molecule has 0 saturated heterocycles. The van der Waals surface area contributed by atoms with E-state index in [0.717, 1.165) is 16.3 Å². The molecule has 76 valence electrons. The van der Waals surface area contributed by atoms with Crippen molar-refractivity contribution in [1.82, 2.24) is 0 Å². The molecule has 0 aliphatic rings. The van der Waals surface area contributed by atoms with Crippen molar-refractivity contribution in [3.05, 3.63) is 41.5 Å². The van der Waals surface area contributed by atoms with Crippen LogP contribution >= 0.6 is 22.6 Å². The molecule has 0 radical (unpaired) electrons. The molecule has 0 aliphatic carbocycles. The fourth-order valence-electron chi connectivity index (χ4n) is 1.61. The van der Waals surface area contributed by atoms with E-state index in [-0.39, 0.29) is 9.54 Å². The van der Waals surface area contributed by atoms with Crippen LogP contribution in [0.3, 0.4) is 0 Å². The van der Waals surface area contributed by atoms with Crippen molar-refractivity contribution in [3.8, 4) is 5.75 Å². The smallest absolute Gasteiger partial charge is 0.222 e. The SMILES string of the molecule is Cc1cc2ccc(O)cc2cc1C(=O)I. The summed E-state index contributed by atoms with van der Waals surface area (Å²) in [5.41, 5.74) is 1.67. The molecule has 0 fully saturated rings. The molecule has 0 amide bonds. The van der Waals surface area contributed by atoms with Crippen LogP contribution in [0.4, 0.5) is 0 Å². The van der Waals surface area contributed by atoms with Crippen molar-refractivity contribution < 1.29 is 9.90 Å². The van der Waals surface area contributed by atoms with Gasteiger partial charge in [0.05, 0.1) is 0 Å². The van der Waals surface area contributed by atoms with Gasteiger partial charge >= 0.3 is 0 Å². The summed E-state index contributed by atoms with van der Waals surface area (Å²) in [6.45, 7) is 1.91. The fraction of sp³-hybridized carbons (Fsp3) is 0.0833. The van der Waals surface area contributed by atoms with Crippen LogP contribution in [0, 0.1) is 6.92 Å². The zero-order valence-electron chi connectivity index (χ0n) is 8.12. The predicted octanol–water partition coefficient (Wildman–Crippen LogP) is 3.43. The van der Waals surface area contributed by atoms with Gasteiger partial charge in [-0.1, -0.05) is 12.1 Å². The number of benzene rings is 2. The molecule has 0 aromatic heterocycles. The molecule has 0 spiro atoms. The Bertz CT molecular complexity index is 547. The quantitative estimate of drug-likeness (QED) is 0.647. The highest BCUT2D eigenvalue weighted by Crippen LogP contribution is 2.24. The van der Waals surface area contributed by atoms with Crippen molar-refractivity contribution in [2.75, 3.05) is 0 Å². The van der Waals surface area contributed by atoms with E-state index in [9.17, 15) is 9.90 Å². The maximum atomic E-state index is 11.3. The summed E-state index contributed by atoms with van der Waals surface area (Å²) < 4.78 is 0.0235. The molecule has 2 rings (SSSR count). The number of rotatable bonds is 1. The number of carbonyl (C=O) groups excluding carboxylic acids is 1. The van der Waals surface area contributed by atoms with Crippen LogP contribution in [0.15, 0.2) is 30.3 Å². The molecule has 15 heavy (non-hydrogen) atoms. The van der Waals surface area contributed by atoms with Gasteiger partial charge in [0.15, 0.2) is 0 Å². The average Bonchev–Trinajstić information content (AvgIpc) is 2.17. The fourth-order valence-corrected chi connectivity index (χ4v) is 2.19. The van der Waals surface area contributed by atoms with Gasteiger partial charge in [-0.05, 0) is 41.5 Å². The van der Waals surface area contributed by atoms with Crippen LogP contribution in [0.5, 0.6) is 5.75 Å². The molecule has 0 aliphatic heterocycles. The third kappa shape index (κ3) is 1.97. The molecule has 2 nitrogen and oxygen atoms in total. The molecule has 0 saturated carbocycles. The molecule has 3 heteroatoms. The number of hydrogen-bond donors (Lipinski definition) is 1. The highest BCUT2D eigenvalue weighted by molar-refractivity contribution is 14.1. The number of halogens is 1. The van der Waals surface area contributed by atoms with E-state index in [2.05, 4.69) is 0 Å². The lowest BCUT2D eigenvalue weighted by atomic mass is 10.0. The second-order valence-corrected chi connectivity index (χ2v) is 4.45. The van der Waals surface area contributed by atoms with Gasteiger partial charge in [-0.25, -0.2) is 0 Å². The third-order valence-corrected chi connectivity index (χ3v) is 2.96. The first-order valence-corrected chi connectivity index (χ1v) is 5.59. The van der Waals surface area contributed by atoms with Crippen LogP contribution in [0.1, 0.15) is 15.9 Å².